The zero-order valence-electron chi connectivity index (χ0n) is 16.6. The molecule has 0 aromatic heterocycles. The van der Waals surface area contributed by atoms with Crippen LogP contribution in [0.1, 0.15) is 11.1 Å². The fraction of sp³-hybridized carbons (Fsp3) is 0.455. The van der Waals surface area contributed by atoms with Gasteiger partial charge in [0.15, 0.2) is 0 Å². The largest absolute Gasteiger partial charge is 0.497 e. The first kappa shape index (κ1) is 19.5. The second-order valence-corrected chi connectivity index (χ2v) is 7.32. The lowest BCUT2D eigenvalue weighted by Gasteiger charge is -2.36. The Balaban J connectivity index is 1.44. The molecule has 1 fully saturated rings. The zero-order valence-corrected chi connectivity index (χ0v) is 16.6. The summed E-state index contributed by atoms with van der Waals surface area (Å²) in [7, 11) is 1.64. The number of hydrogen-bond donors (Lipinski definition) is 2. The highest BCUT2D eigenvalue weighted by atomic mass is 16.5. The Morgan fingerprint density at radius 1 is 1.00 bits per heavy atom. The fourth-order valence-electron chi connectivity index (χ4n) is 3.81. The second-order valence-electron chi connectivity index (χ2n) is 7.32. The number of para-hydroxylation sites is 1. The van der Waals surface area contributed by atoms with E-state index in [2.05, 4.69) is 36.9 Å². The molecule has 1 aliphatic heterocycles. The lowest BCUT2D eigenvalue weighted by Crippen LogP contribution is -3.16. The van der Waals surface area contributed by atoms with Gasteiger partial charge in [-0.3, -0.25) is 0 Å². The van der Waals surface area contributed by atoms with Crippen LogP contribution in [0.15, 0.2) is 42.5 Å². The molecule has 1 heterocycles. The fourth-order valence-corrected chi connectivity index (χ4v) is 3.81. The minimum Gasteiger partial charge on any atom is -0.497 e. The molecule has 0 bridgehead atoms. The van der Waals surface area contributed by atoms with Gasteiger partial charge in [0.1, 0.15) is 30.8 Å². The number of aliphatic hydroxyl groups excluding tert-OH is 1. The average Bonchev–Trinajstić information content (AvgIpc) is 2.68. The Hall–Kier alpha value is -2.24. The van der Waals surface area contributed by atoms with Gasteiger partial charge in [-0.2, -0.15) is 0 Å². The highest BCUT2D eigenvalue weighted by Crippen LogP contribution is 2.24. The number of ether oxygens (including phenoxy) is 2. The summed E-state index contributed by atoms with van der Waals surface area (Å²) in [5.74, 6) is 1.55. The van der Waals surface area contributed by atoms with Crippen LogP contribution in [-0.2, 0) is 0 Å². The van der Waals surface area contributed by atoms with Crippen LogP contribution < -0.4 is 19.3 Å². The summed E-state index contributed by atoms with van der Waals surface area (Å²) in [4.78, 5) is 3.91. The summed E-state index contributed by atoms with van der Waals surface area (Å²) >= 11 is 0. The van der Waals surface area contributed by atoms with Gasteiger partial charge in [-0.1, -0.05) is 18.2 Å². The molecule has 3 rings (SSSR count). The molecule has 1 aliphatic rings. The molecule has 0 amide bonds. The van der Waals surface area contributed by atoms with Crippen LogP contribution in [0.4, 0.5) is 5.69 Å². The third-order valence-corrected chi connectivity index (χ3v) is 5.25. The quantitative estimate of drug-likeness (QED) is 0.774. The summed E-state index contributed by atoms with van der Waals surface area (Å²) < 4.78 is 10.8. The van der Waals surface area contributed by atoms with E-state index in [4.69, 9.17) is 9.47 Å². The third-order valence-electron chi connectivity index (χ3n) is 5.25. The first-order valence-electron chi connectivity index (χ1n) is 9.66. The highest BCUT2D eigenvalue weighted by Gasteiger charge is 2.24. The number of hydrogen-bond acceptors (Lipinski definition) is 4. The molecule has 5 nitrogen and oxygen atoms in total. The molecule has 1 saturated heterocycles. The standard InChI is InChI=1S/C22H30N2O3/c1-17-5-4-6-18(2)22(17)24-13-11-23(12-14-24)15-19(25)16-27-21-9-7-20(26-3)8-10-21/h4-10,19,25H,11-16H2,1-3H3/p+1/t19-/m1/s1. The number of anilines is 1. The molecule has 0 unspecified atom stereocenters. The van der Waals surface area contributed by atoms with Crippen molar-refractivity contribution in [3.63, 3.8) is 0 Å². The van der Waals surface area contributed by atoms with Gasteiger partial charge in [-0.15, -0.1) is 0 Å². The van der Waals surface area contributed by atoms with E-state index >= 15 is 0 Å². The number of aliphatic hydroxyl groups is 1. The highest BCUT2D eigenvalue weighted by molar-refractivity contribution is 5.59. The zero-order chi connectivity index (χ0) is 19.2. The van der Waals surface area contributed by atoms with Crippen molar-refractivity contribution >= 4 is 5.69 Å². The molecule has 0 aliphatic carbocycles. The minimum absolute atomic E-state index is 0.316. The molecule has 2 aromatic carbocycles. The Kier molecular flexibility index (Phi) is 6.58. The first-order chi connectivity index (χ1) is 13.1. The van der Waals surface area contributed by atoms with Gasteiger partial charge in [0.05, 0.1) is 33.3 Å². The molecule has 2 aromatic rings. The van der Waals surface area contributed by atoms with Crippen molar-refractivity contribution in [1.29, 1.82) is 0 Å². The van der Waals surface area contributed by atoms with Gasteiger partial charge in [0.2, 0.25) is 0 Å². The van der Waals surface area contributed by atoms with Crippen molar-refractivity contribution in [1.82, 2.24) is 0 Å². The number of piperazine rings is 1. The number of nitrogens with zero attached hydrogens (tertiary/aromatic N) is 1. The SMILES string of the molecule is COc1ccc(OC[C@H](O)C[NH+]2CCN(c3c(C)cccc3C)CC2)cc1. The lowest BCUT2D eigenvalue weighted by molar-refractivity contribution is -0.903. The van der Waals surface area contributed by atoms with Crippen LogP contribution in [0.2, 0.25) is 0 Å². The topological polar surface area (TPSA) is 46.4 Å². The van der Waals surface area contributed by atoms with Gasteiger partial charge in [-0.05, 0) is 49.2 Å². The van der Waals surface area contributed by atoms with E-state index in [9.17, 15) is 5.11 Å². The minimum atomic E-state index is -0.464. The number of nitrogens with one attached hydrogen (secondary N) is 1. The summed E-state index contributed by atoms with van der Waals surface area (Å²) in [5, 5.41) is 10.4. The number of rotatable bonds is 7. The van der Waals surface area contributed by atoms with E-state index in [1.54, 1.807) is 7.11 Å². The summed E-state index contributed by atoms with van der Waals surface area (Å²) in [6, 6.07) is 13.9. The normalized spacial score (nSPS) is 16.2. The van der Waals surface area contributed by atoms with E-state index in [-0.39, 0.29) is 0 Å². The van der Waals surface area contributed by atoms with E-state index in [1.165, 1.54) is 21.7 Å². The van der Waals surface area contributed by atoms with Crippen LogP contribution in [0.25, 0.3) is 0 Å². The Morgan fingerprint density at radius 3 is 2.19 bits per heavy atom. The van der Waals surface area contributed by atoms with Gasteiger partial charge < -0.3 is 24.4 Å². The molecule has 0 radical (unpaired) electrons. The van der Waals surface area contributed by atoms with E-state index in [1.807, 2.05) is 24.3 Å². The van der Waals surface area contributed by atoms with Crippen molar-refractivity contribution in [2.24, 2.45) is 0 Å². The first-order valence-corrected chi connectivity index (χ1v) is 9.66. The maximum atomic E-state index is 10.4. The lowest BCUT2D eigenvalue weighted by atomic mass is 10.1. The van der Waals surface area contributed by atoms with Gasteiger partial charge in [0, 0.05) is 5.69 Å². The van der Waals surface area contributed by atoms with Crippen molar-refractivity contribution < 1.29 is 19.5 Å². The third kappa shape index (κ3) is 5.15. The van der Waals surface area contributed by atoms with Crippen LogP contribution in [0, 0.1) is 13.8 Å². The molecule has 1 atom stereocenters. The number of benzene rings is 2. The van der Waals surface area contributed by atoms with Gasteiger partial charge in [0.25, 0.3) is 0 Å². The maximum absolute atomic E-state index is 10.4. The van der Waals surface area contributed by atoms with E-state index in [0.717, 1.165) is 44.2 Å². The van der Waals surface area contributed by atoms with Crippen molar-refractivity contribution in [2.45, 2.75) is 20.0 Å². The summed E-state index contributed by atoms with van der Waals surface area (Å²) in [6.07, 6.45) is -0.464. The van der Waals surface area contributed by atoms with E-state index in [0.29, 0.717) is 6.61 Å². The molecule has 0 saturated carbocycles. The summed E-state index contributed by atoms with van der Waals surface area (Å²) in [5.41, 5.74) is 4.05. The molecule has 27 heavy (non-hydrogen) atoms. The Morgan fingerprint density at radius 2 is 1.59 bits per heavy atom. The monoisotopic (exact) mass is 371 g/mol. The van der Waals surface area contributed by atoms with Crippen LogP contribution in [0.5, 0.6) is 11.5 Å². The number of aryl methyl sites for hydroxylation is 2. The Labute approximate surface area is 162 Å². The number of quaternary nitrogens is 1. The van der Waals surface area contributed by atoms with Crippen LogP contribution in [-0.4, -0.2) is 57.7 Å². The molecule has 2 N–H and O–H groups in total. The molecule has 0 spiro atoms. The van der Waals surface area contributed by atoms with Crippen LogP contribution in [0.3, 0.4) is 0 Å². The molecular weight excluding hydrogens is 340 g/mol. The maximum Gasteiger partial charge on any atom is 0.137 e. The van der Waals surface area contributed by atoms with Gasteiger partial charge >= 0.3 is 0 Å². The van der Waals surface area contributed by atoms with Crippen molar-refractivity contribution in [2.75, 3.05) is 51.3 Å². The average molecular weight is 372 g/mol. The predicted octanol–water partition coefficient (Wildman–Crippen LogP) is 1.46. The Bertz CT molecular complexity index is 705. The van der Waals surface area contributed by atoms with Crippen molar-refractivity contribution in [3.8, 4) is 11.5 Å². The smallest absolute Gasteiger partial charge is 0.137 e. The molecular formula is C22H31N2O3+. The molecule has 146 valence electrons. The summed E-state index contributed by atoms with van der Waals surface area (Å²) in [6.45, 7) is 9.51. The van der Waals surface area contributed by atoms with E-state index < -0.39 is 6.10 Å². The van der Waals surface area contributed by atoms with Crippen molar-refractivity contribution in [3.05, 3.63) is 53.6 Å². The predicted molar refractivity (Wildman–Crippen MR) is 108 cm³/mol. The van der Waals surface area contributed by atoms with Gasteiger partial charge in [-0.25, -0.2) is 0 Å². The van der Waals surface area contributed by atoms with Crippen LogP contribution >= 0.6 is 0 Å². The second kappa shape index (κ2) is 9.11. The number of methoxy groups -OCH3 is 1. The molecule has 5 heteroatoms.